The second-order valence-corrected chi connectivity index (χ2v) is 11.1. The molecule has 150 valence electrons. The van der Waals surface area contributed by atoms with Gasteiger partial charge < -0.3 is 9.84 Å². The monoisotopic (exact) mass is 417 g/mol. The minimum atomic E-state index is -4.08. The SMILES string of the molecule is Cc1ccc(C(=O)O)cc1S(=O)(=O)N(C[C@@H]1CCCO1)[C@@H]1CCS(=O)(=O)C1. The molecule has 0 saturated carbocycles. The van der Waals surface area contributed by atoms with Crippen molar-refractivity contribution in [1.82, 2.24) is 4.31 Å². The molecule has 2 atom stereocenters. The molecule has 0 bridgehead atoms. The van der Waals surface area contributed by atoms with E-state index >= 15 is 0 Å². The number of carboxylic acids is 1. The van der Waals surface area contributed by atoms with E-state index in [2.05, 4.69) is 0 Å². The van der Waals surface area contributed by atoms with Gasteiger partial charge in [-0.3, -0.25) is 0 Å². The third kappa shape index (κ3) is 4.34. The van der Waals surface area contributed by atoms with Crippen molar-refractivity contribution in [3.8, 4) is 0 Å². The Kier molecular flexibility index (Phi) is 5.62. The van der Waals surface area contributed by atoms with Gasteiger partial charge in [0.2, 0.25) is 10.0 Å². The number of hydrogen-bond donors (Lipinski definition) is 1. The van der Waals surface area contributed by atoms with E-state index < -0.39 is 31.9 Å². The van der Waals surface area contributed by atoms with E-state index in [0.29, 0.717) is 18.6 Å². The molecular weight excluding hydrogens is 394 g/mol. The average molecular weight is 418 g/mol. The molecule has 0 spiro atoms. The van der Waals surface area contributed by atoms with Gasteiger partial charge in [0, 0.05) is 19.2 Å². The Morgan fingerprint density at radius 1 is 1.33 bits per heavy atom. The maximum Gasteiger partial charge on any atom is 0.335 e. The van der Waals surface area contributed by atoms with E-state index in [1.807, 2.05) is 0 Å². The molecule has 2 fully saturated rings. The van der Waals surface area contributed by atoms with Crippen LogP contribution in [0.3, 0.4) is 0 Å². The quantitative estimate of drug-likeness (QED) is 0.735. The molecule has 2 aliphatic rings. The van der Waals surface area contributed by atoms with E-state index in [-0.39, 0.29) is 41.0 Å². The van der Waals surface area contributed by atoms with Gasteiger partial charge in [-0.2, -0.15) is 4.31 Å². The van der Waals surface area contributed by atoms with Crippen LogP contribution in [0.2, 0.25) is 0 Å². The highest BCUT2D eigenvalue weighted by atomic mass is 32.2. The number of carboxylic acid groups (broad SMARTS) is 1. The number of carbonyl (C=O) groups is 1. The van der Waals surface area contributed by atoms with Gasteiger partial charge in [-0.25, -0.2) is 21.6 Å². The van der Waals surface area contributed by atoms with Crippen LogP contribution in [0, 0.1) is 6.92 Å². The van der Waals surface area contributed by atoms with Crippen LogP contribution in [0.1, 0.15) is 35.2 Å². The lowest BCUT2D eigenvalue weighted by Gasteiger charge is -2.30. The van der Waals surface area contributed by atoms with Crippen LogP contribution in [-0.4, -0.2) is 69.0 Å². The topological polar surface area (TPSA) is 118 Å². The predicted octanol–water partition coefficient (Wildman–Crippen LogP) is 1.05. The fraction of sp³-hybridized carbons (Fsp3) is 0.588. The maximum atomic E-state index is 13.4. The van der Waals surface area contributed by atoms with Crippen molar-refractivity contribution >= 4 is 25.8 Å². The summed E-state index contributed by atoms with van der Waals surface area (Å²) in [7, 11) is -7.37. The Morgan fingerprint density at radius 3 is 2.63 bits per heavy atom. The fourth-order valence-electron chi connectivity index (χ4n) is 3.57. The summed E-state index contributed by atoms with van der Waals surface area (Å²) in [5, 5.41) is 9.21. The molecule has 10 heteroatoms. The molecular formula is C17H23NO7S2. The molecule has 27 heavy (non-hydrogen) atoms. The zero-order valence-corrected chi connectivity index (χ0v) is 16.6. The van der Waals surface area contributed by atoms with Gasteiger partial charge in [0.25, 0.3) is 0 Å². The van der Waals surface area contributed by atoms with Crippen molar-refractivity contribution in [2.45, 2.75) is 43.2 Å². The fourth-order valence-corrected chi connectivity index (χ4v) is 7.34. The summed E-state index contributed by atoms with van der Waals surface area (Å²) < 4.78 is 57.4. The first-order chi connectivity index (χ1) is 12.6. The van der Waals surface area contributed by atoms with Gasteiger partial charge in [0.15, 0.2) is 9.84 Å². The number of nitrogens with zero attached hydrogens (tertiary/aromatic N) is 1. The summed E-state index contributed by atoms with van der Waals surface area (Å²) in [5.74, 6) is -1.50. The zero-order valence-electron chi connectivity index (χ0n) is 15.0. The van der Waals surface area contributed by atoms with E-state index in [1.54, 1.807) is 6.92 Å². The van der Waals surface area contributed by atoms with Crippen LogP contribution >= 0.6 is 0 Å². The number of sulfonamides is 1. The summed E-state index contributed by atoms with van der Waals surface area (Å²) in [5.41, 5.74) is 0.286. The number of aryl methyl sites for hydroxylation is 1. The van der Waals surface area contributed by atoms with Gasteiger partial charge in [-0.05, 0) is 43.9 Å². The summed E-state index contributed by atoms with van der Waals surface area (Å²) in [6, 6.07) is 3.27. The first kappa shape index (κ1) is 20.2. The van der Waals surface area contributed by atoms with Gasteiger partial charge in [-0.1, -0.05) is 6.07 Å². The largest absolute Gasteiger partial charge is 0.478 e. The molecule has 2 aliphatic heterocycles. The van der Waals surface area contributed by atoms with Crippen molar-refractivity contribution in [2.75, 3.05) is 24.7 Å². The normalized spacial score (nSPS) is 25.1. The number of hydrogen-bond acceptors (Lipinski definition) is 6. The minimum absolute atomic E-state index is 0.0522. The molecule has 1 N–H and O–H groups in total. The van der Waals surface area contributed by atoms with Crippen LogP contribution in [0.25, 0.3) is 0 Å². The number of rotatable bonds is 6. The Hall–Kier alpha value is -1.49. The molecule has 2 heterocycles. The van der Waals surface area contributed by atoms with Gasteiger partial charge in [0.1, 0.15) is 0 Å². The Bertz CT molecular complexity index is 934. The molecule has 3 rings (SSSR count). The van der Waals surface area contributed by atoms with Gasteiger partial charge >= 0.3 is 5.97 Å². The van der Waals surface area contributed by atoms with E-state index in [4.69, 9.17) is 4.74 Å². The number of benzene rings is 1. The highest BCUT2D eigenvalue weighted by Crippen LogP contribution is 2.29. The van der Waals surface area contributed by atoms with Crippen LogP contribution in [0.15, 0.2) is 23.1 Å². The minimum Gasteiger partial charge on any atom is -0.478 e. The molecule has 1 aromatic carbocycles. The average Bonchev–Trinajstić information content (AvgIpc) is 3.21. The summed E-state index contributed by atoms with van der Waals surface area (Å²) in [6.45, 7) is 2.21. The van der Waals surface area contributed by atoms with Gasteiger partial charge in [0.05, 0.1) is 28.1 Å². The van der Waals surface area contributed by atoms with Crippen molar-refractivity contribution in [1.29, 1.82) is 0 Å². The third-order valence-corrected chi connectivity index (χ3v) is 8.86. The van der Waals surface area contributed by atoms with E-state index in [9.17, 15) is 26.7 Å². The summed E-state index contributed by atoms with van der Waals surface area (Å²) >= 11 is 0. The lowest BCUT2D eigenvalue weighted by molar-refractivity contribution is 0.0696. The first-order valence-electron chi connectivity index (χ1n) is 8.78. The van der Waals surface area contributed by atoms with Crippen LogP contribution in [0.5, 0.6) is 0 Å². The molecule has 0 amide bonds. The Labute approximate surface area is 159 Å². The second kappa shape index (κ2) is 7.50. The van der Waals surface area contributed by atoms with Crippen LogP contribution in [0.4, 0.5) is 0 Å². The van der Waals surface area contributed by atoms with Crippen molar-refractivity contribution in [3.63, 3.8) is 0 Å². The van der Waals surface area contributed by atoms with E-state index in [1.165, 1.54) is 16.4 Å². The molecule has 0 radical (unpaired) electrons. The van der Waals surface area contributed by atoms with E-state index in [0.717, 1.165) is 12.5 Å². The molecule has 8 nitrogen and oxygen atoms in total. The highest BCUT2D eigenvalue weighted by molar-refractivity contribution is 7.92. The predicted molar refractivity (Wildman–Crippen MR) is 98.1 cm³/mol. The Morgan fingerprint density at radius 2 is 2.07 bits per heavy atom. The standard InChI is InChI=1S/C17H23NO7S2/c1-12-4-5-13(17(19)20)9-16(12)27(23,24)18(10-15-3-2-7-25-15)14-6-8-26(21,22)11-14/h4-5,9,14-15H,2-3,6-8,10-11H2,1H3,(H,19,20)/t14-,15+/m1/s1. The van der Waals surface area contributed by atoms with Crippen molar-refractivity contribution in [3.05, 3.63) is 29.3 Å². The van der Waals surface area contributed by atoms with Crippen molar-refractivity contribution in [2.24, 2.45) is 0 Å². The number of sulfone groups is 1. The molecule has 0 aliphatic carbocycles. The molecule has 0 unspecified atom stereocenters. The molecule has 0 aromatic heterocycles. The number of ether oxygens (including phenoxy) is 1. The summed E-state index contributed by atoms with van der Waals surface area (Å²) in [4.78, 5) is 11.2. The summed E-state index contributed by atoms with van der Waals surface area (Å²) in [6.07, 6.45) is 1.48. The van der Waals surface area contributed by atoms with Gasteiger partial charge in [-0.15, -0.1) is 0 Å². The third-order valence-electron chi connectivity index (χ3n) is 5.04. The van der Waals surface area contributed by atoms with Crippen molar-refractivity contribution < 1.29 is 31.5 Å². The lowest BCUT2D eigenvalue weighted by atomic mass is 10.1. The molecule has 1 aromatic rings. The lowest BCUT2D eigenvalue weighted by Crippen LogP contribution is -2.45. The first-order valence-corrected chi connectivity index (χ1v) is 12.0. The van der Waals surface area contributed by atoms with Crippen LogP contribution < -0.4 is 0 Å². The number of aromatic carboxylic acids is 1. The smallest absolute Gasteiger partial charge is 0.335 e. The Balaban J connectivity index is 2.01. The molecule has 2 saturated heterocycles. The van der Waals surface area contributed by atoms with Crippen LogP contribution in [-0.2, 0) is 24.6 Å². The second-order valence-electron chi connectivity index (χ2n) is 7.05. The highest BCUT2D eigenvalue weighted by Gasteiger charge is 2.41. The maximum absolute atomic E-state index is 13.4. The zero-order chi connectivity index (χ0) is 19.8.